The molecule has 0 aliphatic rings. The van der Waals surface area contributed by atoms with Crippen molar-refractivity contribution in [2.75, 3.05) is 12.0 Å². The zero-order chi connectivity index (χ0) is 17.4. The molecule has 0 radical (unpaired) electrons. The number of hydrogen-bond donors (Lipinski definition) is 2. The molecule has 2 amide bonds. The van der Waals surface area contributed by atoms with Crippen molar-refractivity contribution >= 4 is 29.3 Å². The average Bonchev–Trinajstić information content (AvgIpc) is 2.53. The van der Waals surface area contributed by atoms with Crippen LogP contribution >= 0.6 is 11.8 Å². The molecule has 0 spiro atoms. The van der Waals surface area contributed by atoms with Crippen molar-refractivity contribution in [1.82, 2.24) is 10.6 Å². The van der Waals surface area contributed by atoms with Gasteiger partial charge in [0.2, 0.25) is 5.91 Å². The standard InChI is InChI=1S/C14H16N4O4S/c1-9(7-15)16-14(20)11(8-23-2)17-13(19)10-5-3-4-6-12(10)18(21)22/h3-6,9,11H,8H2,1-2H3,(H,16,20)(H,17,19). The van der Waals surface area contributed by atoms with Gasteiger partial charge in [0, 0.05) is 11.8 Å². The third kappa shape index (κ3) is 5.27. The van der Waals surface area contributed by atoms with Gasteiger partial charge in [0.1, 0.15) is 17.6 Å². The van der Waals surface area contributed by atoms with E-state index < -0.39 is 28.8 Å². The summed E-state index contributed by atoms with van der Waals surface area (Å²) >= 11 is 1.33. The van der Waals surface area contributed by atoms with Crippen molar-refractivity contribution in [2.45, 2.75) is 19.0 Å². The quantitative estimate of drug-likeness (QED) is 0.567. The van der Waals surface area contributed by atoms with E-state index in [1.165, 1.54) is 43.0 Å². The third-order valence-electron chi connectivity index (χ3n) is 2.85. The molecule has 1 aromatic carbocycles. The minimum atomic E-state index is -0.895. The Morgan fingerprint density at radius 3 is 2.61 bits per heavy atom. The van der Waals surface area contributed by atoms with Crippen LogP contribution in [0.2, 0.25) is 0 Å². The molecule has 122 valence electrons. The molecular weight excluding hydrogens is 320 g/mol. The predicted octanol–water partition coefficient (Wildman–Crippen LogP) is 1.08. The summed E-state index contributed by atoms with van der Waals surface area (Å²) < 4.78 is 0. The molecule has 2 atom stereocenters. The Labute approximate surface area is 137 Å². The fourth-order valence-electron chi connectivity index (χ4n) is 1.76. The van der Waals surface area contributed by atoms with Gasteiger partial charge in [-0.3, -0.25) is 19.7 Å². The van der Waals surface area contributed by atoms with Crippen LogP contribution in [-0.4, -0.2) is 40.8 Å². The smallest absolute Gasteiger partial charge is 0.282 e. The van der Waals surface area contributed by atoms with Gasteiger partial charge in [-0.05, 0) is 19.2 Å². The van der Waals surface area contributed by atoms with Gasteiger partial charge in [0.05, 0.1) is 11.0 Å². The fraction of sp³-hybridized carbons (Fsp3) is 0.357. The highest BCUT2D eigenvalue weighted by molar-refractivity contribution is 7.98. The van der Waals surface area contributed by atoms with Crippen molar-refractivity contribution in [1.29, 1.82) is 5.26 Å². The number of amides is 2. The second-order valence-electron chi connectivity index (χ2n) is 4.62. The third-order valence-corrected chi connectivity index (χ3v) is 3.52. The van der Waals surface area contributed by atoms with Crippen LogP contribution in [0.5, 0.6) is 0 Å². The minimum Gasteiger partial charge on any atom is -0.339 e. The molecule has 0 fully saturated rings. The number of nitrogens with zero attached hydrogens (tertiary/aromatic N) is 2. The van der Waals surface area contributed by atoms with Crippen molar-refractivity contribution in [2.24, 2.45) is 0 Å². The first-order valence-corrected chi connectivity index (χ1v) is 8.03. The lowest BCUT2D eigenvalue weighted by Gasteiger charge is -2.18. The Kier molecular flexibility index (Phi) is 7.02. The van der Waals surface area contributed by atoms with E-state index in [1.54, 1.807) is 6.26 Å². The number of nitrogens with one attached hydrogen (secondary N) is 2. The molecule has 2 N–H and O–H groups in total. The van der Waals surface area contributed by atoms with Crippen LogP contribution in [0.25, 0.3) is 0 Å². The lowest BCUT2D eigenvalue weighted by atomic mass is 10.1. The number of carbonyl (C=O) groups excluding carboxylic acids is 2. The summed E-state index contributed by atoms with van der Waals surface area (Å²) in [5.74, 6) is -0.951. The molecule has 0 saturated heterocycles. The second kappa shape index (κ2) is 8.75. The Bertz CT molecular complexity index is 644. The molecule has 0 heterocycles. The maximum atomic E-state index is 12.2. The normalized spacial score (nSPS) is 12.6. The Balaban J connectivity index is 2.93. The van der Waals surface area contributed by atoms with E-state index in [2.05, 4.69) is 10.6 Å². The zero-order valence-electron chi connectivity index (χ0n) is 12.6. The van der Waals surface area contributed by atoms with Gasteiger partial charge in [-0.15, -0.1) is 0 Å². The lowest BCUT2D eigenvalue weighted by Crippen LogP contribution is -2.50. The molecule has 2 unspecified atom stereocenters. The SMILES string of the molecule is CSCC(NC(=O)c1ccccc1[N+](=O)[O-])C(=O)NC(C)C#N. The number of carbonyl (C=O) groups is 2. The monoisotopic (exact) mass is 336 g/mol. The van der Waals surface area contributed by atoms with Gasteiger partial charge in [-0.1, -0.05) is 12.1 Å². The second-order valence-corrected chi connectivity index (χ2v) is 5.53. The maximum absolute atomic E-state index is 12.2. The van der Waals surface area contributed by atoms with Crippen LogP contribution in [0.1, 0.15) is 17.3 Å². The number of nitriles is 1. The summed E-state index contributed by atoms with van der Waals surface area (Å²) in [5.41, 5.74) is -0.455. The Morgan fingerprint density at radius 1 is 1.39 bits per heavy atom. The Morgan fingerprint density at radius 2 is 2.04 bits per heavy atom. The molecule has 23 heavy (non-hydrogen) atoms. The van der Waals surface area contributed by atoms with Crippen LogP contribution in [0.15, 0.2) is 24.3 Å². The van der Waals surface area contributed by atoms with Crippen LogP contribution in [0, 0.1) is 21.4 Å². The van der Waals surface area contributed by atoms with Crippen LogP contribution in [-0.2, 0) is 4.79 Å². The van der Waals surface area contributed by atoms with Gasteiger partial charge < -0.3 is 10.6 Å². The molecule has 0 aliphatic carbocycles. The summed E-state index contributed by atoms with van der Waals surface area (Å²) in [4.78, 5) is 34.6. The topological polar surface area (TPSA) is 125 Å². The van der Waals surface area contributed by atoms with Gasteiger partial charge in [0.25, 0.3) is 11.6 Å². The van der Waals surface area contributed by atoms with Crippen LogP contribution in [0.4, 0.5) is 5.69 Å². The Hall–Kier alpha value is -2.60. The minimum absolute atomic E-state index is 0.121. The summed E-state index contributed by atoms with van der Waals surface area (Å²) in [6, 6.07) is 5.76. The first kappa shape index (κ1) is 18.4. The van der Waals surface area contributed by atoms with Crippen molar-refractivity contribution < 1.29 is 14.5 Å². The predicted molar refractivity (Wildman–Crippen MR) is 86.0 cm³/mol. The molecule has 0 saturated carbocycles. The molecule has 8 nitrogen and oxygen atoms in total. The molecule has 1 aromatic rings. The largest absolute Gasteiger partial charge is 0.339 e. The average molecular weight is 336 g/mol. The summed E-state index contributed by atoms with van der Waals surface area (Å²) in [6.45, 7) is 1.51. The number of hydrogen-bond acceptors (Lipinski definition) is 6. The van der Waals surface area contributed by atoms with E-state index in [4.69, 9.17) is 5.26 Å². The molecule has 1 rings (SSSR count). The first-order valence-electron chi connectivity index (χ1n) is 6.64. The van der Waals surface area contributed by atoms with Crippen molar-refractivity contribution in [3.8, 4) is 6.07 Å². The molecule has 0 aliphatic heterocycles. The molecule has 0 bridgehead atoms. The van der Waals surface area contributed by atoms with E-state index in [0.717, 1.165) is 0 Å². The summed E-state index contributed by atoms with van der Waals surface area (Å²) in [6.07, 6.45) is 1.76. The number of para-hydroxylation sites is 1. The van der Waals surface area contributed by atoms with Gasteiger partial charge >= 0.3 is 0 Å². The van der Waals surface area contributed by atoms with E-state index in [-0.39, 0.29) is 17.0 Å². The van der Waals surface area contributed by atoms with Gasteiger partial charge in [0.15, 0.2) is 0 Å². The number of nitro groups is 1. The number of thioether (sulfide) groups is 1. The highest BCUT2D eigenvalue weighted by Crippen LogP contribution is 2.17. The zero-order valence-corrected chi connectivity index (χ0v) is 13.4. The van der Waals surface area contributed by atoms with E-state index in [0.29, 0.717) is 0 Å². The van der Waals surface area contributed by atoms with E-state index in [1.807, 2.05) is 6.07 Å². The van der Waals surface area contributed by atoms with E-state index >= 15 is 0 Å². The number of benzene rings is 1. The summed E-state index contributed by atoms with van der Waals surface area (Å²) in [5, 5.41) is 24.6. The number of rotatable bonds is 7. The summed E-state index contributed by atoms with van der Waals surface area (Å²) in [7, 11) is 0. The highest BCUT2D eigenvalue weighted by Gasteiger charge is 2.25. The molecular formula is C14H16N4O4S. The van der Waals surface area contributed by atoms with Crippen molar-refractivity contribution in [3.05, 3.63) is 39.9 Å². The van der Waals surface area contributed by atoms with Gasteiger partial charge in [-0.2, -0.15) is 17.0 Å². The molecule has 0 aromatic heterocycles. The van der Waals surface area contributed by atoms with Crippen LogP contribution < -0.4 is 10.6 Å². The van der Waals surface area contributed by atoms with E-state index in [9.17, 15) is 19.7 Å². The number of nitro benzene ring substituents is 1. The molecule has 9 heteroatoms. The first-order chi connectivity index (χ1) is 10.9. The van der Waals surface area contributed by atoms with Gasteiger partial charge in [-0.25, -0.2) is 0 Å². The maximum Gasteiger partial charge on any atom is 0.282 e. The lowest BCUT2D eigenvalue weighted by molar-refractivity contribution is -0.385. The van der Waals surface area contributed by atoms with Crippen molar-refractivity contribution in [3.63, 3.8) is 0 Å². The fourth-order valence-corrected chi connectivity index (χ4v) is 2.32. The van der Waals surface area contributed by atoms with Crippen LogP contribution in [0.3, 0.4) is 0 Å². The highest BCUT2D eigenvalue weighted by atomic mass is 32.2.